The van der Waals surface area contributed by atoms with E-state index in [-0.39, 0.29) is 6.04 Å². The van der Waals surface area contributed by atoms with Crippen molar-refractivity contribution >= 4 is 10.8 Å². The molecule has 0 amide bonds. The fourth-order valence-corrected chi connectivity index (χ4v) is 2.09. The second-order valence-electron chi connectivity index (χ2n) is 4.41. The van der Waals surface area contributed by atoms with E-state index in [4.69, 9.17) is 6.42 Å². The third-order valence-corrected chi connectivity index (χ3v) is 3.07. The van der Waals surface area contributed by atoms with Crippen molar-refractivity contribution in [3.8, 4) is 12.3 Å². The van der Waals surface area contributed by atoms with Crippen molar-refractivity contribution in [2.45, 2.75) is 32.4 Å². The van der Waals surface area contributed by atoms with Crippen molar-refractivity contribution in [3.05, 3.63) is 42.2 Å². The molecule has 1 heterocycles. The Kier molecular flexibility index (Phi) is 4.33. The summed E-state index contributed by atoms with van der Waals surface area (Å²) in [6.45, 7) is 2.91. The Hall–Kier alpha value is -1.85. The summed E-state index contributed by atoms with van der Waals surface area (Å²) >= 11 is 0. The SMILES string of the molecule is C#CC(CCC)NCc1cncc2ccccc12. The number of pyridine rings is 1. The number of rotatable bonds is 5. The van der Waals surface area contributed by atoms with E-state index in [1.807, 2.05) is 18.5 Å². The molecule has 0 aliphatic rings. The van der Waals surface area contributed by atoms with E-state index in [2.05, 4.69) is 41.3 Å². The number of hydrogen-bond acceptors (Lipinski definition) is 2. The summed E-state index contributed by atoms with van der Waals surface area (Å²) in [5.74, 6) is 2.79. The molecule has 92 valence electrons. The summed E-state index contributed by atoms with van der Waals surface area (Å²) in [5.41, 5.74) is 1.20. The second kappa shape index (κ2) is 6.18. The maximum absolute atomic E-state index is 5.51. The third kappa shape index (κ3) is 2.88. The lowest BCUT2D eigenvalue weighted by molar-refractivity contribution is 0.564. The van der Waals surface area contributed by atoms with Gasteiger partial charge in [-0.25, -0.2) is 0 Å². The molecule has 18 heavy (non-hydrogen) atoms. The minimum Gasteiger partial charge on any atom is -0.300 e. The number of nitrogens with one attached hydrogen (secondary N) is 1. The molecule has 0 fully saturated rings. The lowest BCUT2D eigenvalue weighted by Crippen LogP contribution is -2.26. The Morgan fingerprint density at radius 2 is 2.17 bits per heavy atom. The summed E-state index contributed by atoms with van der Waals surface area (Å²) in [5, 5.41) is 5.82. The Balaban J connectivity index is 2.15. The van der Waals surface area contributed by atoms with Crippen LogP contribution in [0.2, 0.25) is 0 Å². The Labute approximate surface area is 108 Å². The molecule has 1 aromatic heterocycles. The molecule has 0 aliphatic carbocycles. The number of terminal acetylenes is 1. The molecular formula is C16H18N2. The second-order valence-corrected chi connectivity index (χ2v) is 4.41. The third-order valence-electron chi connectivity index (χ3n) is 3.07. The van der Waals surface area contributed by atoms with Gasteiger partial charge in [-0.15, -0.1) is 6.42 Å². The van der Waals surface area contributed by atoms with E-state index in [0.717, 1.165) is 19.4 Å². The van der Waals surface area contributed by atoms with Crippen molar-refractivity contribution in [2.75, 3.05) is 0 Å². The van der Waals surface area contributed by atoms with Crippen LogP contribution >= 0.6 is 0 Å². The zero-order chi connectivity index (χ0) is 12.8. The number of aromatic nitrogens is 1. The summed E-state index contributed by atoms with van der Waals surface area (Å²) in [7, 11) is 0. The van der Waals surface area contributed by atoms with E-state index < -0.39 is 0 Å². The highest BCUT2D eigenvalue weighted by molar-refractivity contribution is 5.84. The van der Waals surface area contributed by atoms with Crippen LogP contribution in [0.3, 0.4) is 0 Å². The molecule has 1 unspecified atom stereocenters. The van der Waals surface area contributed by atoms with Crippen molar-refractivity contribution < 1.29 is 0 Å². The van der Waals surface area contributed by atoms with Gasteiger partial charge in [-0.2, -0.15) is 0 Å². The molecule has 0 radical (unpaired) electrons. The zero-order valence-electron chi connectivity index (χ0n) is 10.7. The maximum atomic E-state index is 5.51. The lowest BCUT2D eigenvalue weighted by Gasteiger charge is -2.13. The predicted octanol–water partition coefficient (Wildman–Crippen LogP) is 3.13. The Morgan fingerprint density at radius 1 is 1.33 bits per heavy atom. The van der Waals surface area contributed by atoms with Gasteiger partial charge in [0.15, 0.2) is 0 Å². The predicted molar refractivity (Wildman–Crippen MR) is 76.1 cm³/mol. The first kappa shape index (κ1) is 12.6. The molecule has 1 N–H and O–H groups in total. The number of hydrogen-bond donors (Lipinski definition) is 1. The van der Waals surface area contributed by atoms with E-state index in [0.29, 0.717) is 0 Å². The molecule has 0 bridgehead atoms. The maximum Gasteiger partial charge on any atom is 0.0689 e. The summed E-state index contributed by atoms with van der Waals surface area (Å²) in [6.07, 6.45) is 11.4. The first-order valence-electron chi connectivity index (χ1n) is 6.36. The number of nitrogens with zero attached hydrogens (tertiary/aromatic N) is 1. The normalized spacial score (nSPS) is 12.2. The monoisotopic (exact) mass is 238 g/mol. The molecule has 2 heteroatoms. The summed E-state index contributed by atoms with van der Waals surface area (Å²) < 4.78 is 0. The highest BCUT2D eigenvalue weighted by Gasteiger charge is 2.05. The van der Waals surface area contributed by atoms with Gasteiger partial charge >= 0.3 is 0 Å². The lowest BCUT2D eigenvalue weighted by atomic mass is 10.1. The smallest absolute Gasteiger partial charge is 0.0689 e. The van der Waals surface area contributed by atoms with Gasteiger partial charge in [0.05, 0.1) is 6.04 Å². The molecule has 2 rings (SSSR count). The van der Waals surface area contributed by atoms with Gasteiger partial charge < -0.3 is 0 Å². The fraction of sp³-hybridized carbons (Fsp3) is 0.312. The summed E-state index contributed by atoms with van der Waals surface area (Å²) in [6, 6.07) is 8.43. The molecule has 0 saturated heterocycles. The van der Waals surface area contributed by atoms with E-state index in [1.54, 1.807) is 0 Å². The topological polar surface area (TPSA) is 24.9 Å². The average Bonchev–Trinajstić information content (AvgIpc) is 2.43. The molecule has 0 spiro atoms. The fourth-order valence-electron chi connectivity index (χ4n) is 2.09. The number of fused-ring (bicyclic) bond motifs is 1. The molecule has 2 aromatic rings. The van der Waals surface area contributed by atoms with Crippen LogP contribution in [0.15, 0.2) is 36.7 Å². The van der Waals surface area contributed by atoms with Gasteiger partial charge in [0, 0.05) is 24.3 Å². The average molecular weight is 238 g/mol. The van der Waals surface area contributed by atoms with Gasteiger partial charge in [0.2, 0.25) is 0 Å². The highest BCUT2D eigenvalue weighted by Crippen LogP contribution is 2.16. The van der Waals surface area contributed by atoms with Crippen molar-refractivity contribution in [3.63, 3.8) is 0 Å². The summed E-state index contributed by atoms with van der Waals surface area (Å²) in [4.78, 5) is 4.27. The van der Waals surface area contributed by atoms with Crippen LogP contribution in [0.5, 0.6) is 0 Å². The van der Waals surface area contributed by atoms with E-state index in [1.165, 1.54) is 16.3 Å². The van der Waals surface area contributed by atoms with Crippen LogP contribution in [0.4, 0.5) is 0 Å². The molecule has 1 atom stereocenters. The number of benzene rings is 1. The van der Waals surface area contributed by atoms with Crippen molar-refractivity contribution in [1.29, 1.82) is 0 Å². The van der Waals surface area contributed by atoms with Gasteiger partial charge in [-0.3, -0.25) is 10.3 Å². The van der Waals surface area contributed by atoms with Crippen molar-refractivity contribution in [2.24, 2.45) is 0 Å². The van der Waals surface area contributed by atoms with Gasteiger partial charge in [0.25, 0.3) is 0 Å². The van der Waals surface area contributed by atoms with Crippen LogP contribution in [0, 0.1) is 12.3 Å². The van der Waals surface area contributed by atoms with Gasteiger partial charge in [-0.1, -0.05) is 43.5 Å². The van der Waals surface area contributed by atoms with Crippen LogP contribution in [-0.4, -0.2) is 11.0 Å². The molecule has 2 nitrogen and oxygen atoms in total. The van der Waals surface area contributed by atoms with Gasteiger partial charge in [0.1, 0.15) is 0 Å². The molecule has 0 aliphatic heterocycles. The quantitative estimate of drug-likeness (QED) is 0.809. The van der Waals surface area contributed by atoms with E-state index >= 15 is 0 Å². The van der Waals surface area contributed by atoms with Crippen molar-refractivity contribution in [1.82, 2.24) is 10.3 Å². The van der Waals surface area contributed by atoms with Gasteiger partial charge in [-0.05, 0) is 17.4 Å². The zero-order valence-corrected chi connectivity index (χ0v) is 10.7. The Morgan fingerprint density at radius 3 is 2.94 bits per heavy atom. The minimum absolute atomic E-state index is 0.147. The minimum atomic E-state index is 0.147. The molecule has 0 saturated carbocycles. The first-order valence-corrected chi connectivity index (χ1v) is 6.36. The molecular weight excluding hydrogens is 220 g/mol. The van der Waals surface area contributed by atoms with E-state index in [9.17, 15) is 0 Å². The standard InChI is InChI=1S/C16H18N2/c1-3-7-15(4-2)18-12-14-11-17-10-13-8-5-6-9-16(13)14/h2,5-6,8-11,15,18H,3,7,12H2,1H3. The largest absolute Gasteiger partial charge is 0.300 e. The first-order chi connectivity index (χ1) is 8.85. The molecule has 1 aromatic carbocycles. The Bertz CT molecular complexity index is 549. The van der Waals surface area contributed by atoms with Crippen LogP contribution in [-0.2, 0) is 6.54 Å². The van der Waals surface area contributed by atoms with Crippen LogP contribution < -0.4 is 5.32 Å². The van der Waals surface area contributed by atoms with Crippen LogP contribution in [0.25, 0.3) is 10.8 Å². The van der Waals surface area contributed by atoms with Crippen LogP contribution in [0.1, 0.15) is 25.3 Å². The highest BCUT2D eigenvalue weighted by atomic mass is 14.9.